The molecule has 5 rings (SSSR count). The predicted octanol–water partition coefficient (Wildman–Crippen LogP) is 1.72. The molecule has 3 heterocycles. The summed E-state index contributed by atoms with van der Waals surface area (Å²) in [7, 11) is 1.61. The molecule has 1 atom stereocenters. The average Bonchev–Trinajstić information content (AvgIpc) is 3.34. The van der Waals surface area contributed by atoms with E-state index in [1.165, 1.54) is 6.07 Å². The number of halogens is 1. The minimum atomic E-state index is -0.780. The van der Waals surface area contributed by atoms with Crippen molar-refractivity contribution in [2.45, 2.75) is 32.7 Å². The Morgan fingerprint density at radius 2 is 1.98 bits per heavy atom. The highest BCUT2D eigenvalue weighted by Gasteiger charge is 2.33. The summed E-state index contributed by atoms with van der Waals surface area (Å²) in [5.41, 5.74) is 1.18. The molecule has 0 bridgehead atoms. The molecular weight excluding hydrogens is 521 g/mol. The van der Waals surface area contributed by atoms with Crippen LogP contribution in [0.4, 0.5) is 10.1 Å². The van der Waals surface area contributed by atoms with Crippen LogP contribution < -0.4 is 26.0 Å². The average molecular weight is 550 g/mol. The van der Waals surface area contributed by atoms with E-state index in [1.807, 2.05) is 13.0 Å². The third kappa shape index (κ3) is 5.35. The maximum Gasteiger partial charge on any atom is 0.270 e. The summed E-state index contributed by atoms with van der Waals surface area (Å²) >= 11 is 0. The fourth-order valence-corrected chi connectivity index (χ4v) is 4.69. The van der Waals surface area contributed by atoms with Gasteiger partial charge in [0, 0.05) is 26.2 Å². The van der Waals surface area contributed by atoms with Gasteiger partial charge in [-0.2, -0.15) is 5.10 Å². The first-order valence-electron chi connectivity index (χ1n) is 12.7. The first-order valence-corrected chi connectivity index (χ1v) is 12.7. The summed E-state index contributed by atoms with van der Waals surface area (Å²) in [6.07, 6.45) is 4.71. The van der Waals surface area contributed by atoms with Crippen LogP contribution in [0.1, 0.15) is 52.7 Å². The van der Waals surface area contributed by atoms with E-state index in [4.69, 9.17) is 4.74 Å². The number of aromatic nitrogens is 3. The molecule has 1 unspecified atom stereocenters. The summed E-state index contributed by atoms with van der Waals surface area (Å²) in [5, 5.41) is 14.8. The number of carbonyl (C=O) groups is 4. The fraction of sp³-hybridized carbons (Fsp3) is 0.333. The Morgan fingerprint density at radius 3 is 2.73 bits per heavy atom. The number of carbonyl (C=O) groups excluding carboxylic acids is 4. The number of nitrogens with one attached hydrogen (secondary N) is 4. The Hall–Kier alpha value is -4.81. The maximum atomic E-state index is 14.4. The lowest BCUT2D eigenvalue weighted by atomic mass is 9.76. The summed E-state index contributed by atoms with van der Waals surface area (Å²) in [6, 6.07) is 6.35. The zero-order valence-electron chi connectivity index (χ0n) is 22.0. The van der Waals surface area contributed by atoms with Gasteiger partial charge in [0.1, 0.15) is 17.1 Å². The topological polar surface area (TPSA) is 156 Å². The molecule has 13 heteroatoms. The number of hydrogen-bond acceptors (Lipinski definition) is 7. The van der Waals surface area contributed by atoms with Gasteiger partial charge in [0.2, 0.25) is 5.91 Å². The fourth-order valence-electron chi connectivity index (χ4n) is 4.69. The molecule has 12 nitrogen and oxygen atoms in total. The molecule has 208 valence electrons. The molecule has 2 aliphatic rings. The van der Waals surface area contributed by atoms with Crippen molar-refractivity contribution in [2.75, 3.05) is 25.5 Å². The van der Waals surface area contributed by atoms with Gasteiger partial charge in [-0.1, -0.05) is 24.6 Å². The van der Waals surface area contributed by atoms with Crippen LogP contribution in [0, 0.1) is 11.2 Å². The molecule has 1 aromatic carbocycles. The number of hydrogen-bond donors (Lipinski definition) is 4. The highest BCUT2D eigenvalue weighted by molar-refractivity contribution is 5.98. The van der Waals surface area contributed by atoms with E-state index in [1.54, 1.807) is 25.2 Å². The quantitative estimate of drug-likeness (QED) is 0.327. The number of amides is 4. The normalized spacial score (nSPS) is 18.2. The summed E-state index contributed by atoms with van der Waals surface area (Å²) in [4.78, 5) is 53.9. The lowest BCUT2D eigenvalue weighted by Gasteiger charge is -2.31. The highest BCUT2D eigenvalue weighted by atomic mass is 19.1. The molecule has 0 saturated carbocycles. The molecule has 4 amide bonds. The SMILES string of the molecule is CNC(=O)C1(C)CC=C(CNC(=O)c2cc(C(=O)NCc3ccc4c(c3)NC(=O)CO4)nc3c(F)cnn23)CC1. The van der Waals surface area contributed by atoms with Crippen molar-refractivity contribution in [1.82, 2.24) is 30.5 Å². The summed E-state index contributed by atoms with van der Waals surface area (Å²) < 4.78 is 20.8. The van der Waals surface area contributed by atoms with Crippen molar-refractivity contribution < 1.29 is 28.3 Å². The largest absolute Gasteiger partial charge is 0.482 e. The smallest absolute Gasteiger partial charge is 0.270 e. The van der Waals surface area contributed by atoms with Crippen LogP contribution in [-0.4, -0.2) is 58.4 Å². The molecule has 0 spiro atoms. The zero-order chi connectivity index (χ0) is 28.4. The van der Waals surface area contributed by atoms with Crippen LogP contribution in [0.5, 0.6) is 5.75 Å². The van der Waals surface area contributed by atoms with Crippen molar-refractivity contribution >= 4 is 35.0 Å². The van der Waals surface area contributed by atoms with Crippen LogP contribution in [0.25, 0.3) is 5.65 Å². The van der Waals surface area contributed by atoms with Crippen LogP contribution in [0.15, 0.2) is 42.1 Å². The Kier molecular flexibility index (Phi) is 7.20. The molecule has 4 N–H and O–H groups in total. The maximum absolute atomic E-state index is 14.4. The Bertz CT molecular complexity index is 1570. The van der Waals surface area contributed by atoms with E-state index in [2.05, 4.69) is 31.3 Å². The monoisotopic (exact) mass is 549 g/mol. The van der Waals surface area contributed by atoms with Gasteiger partial charge < -0.3 is 26.0 Å². The number of nitrogens with zero attached hydrogens (tertiary/aromatic N) is 3. The second kappa shape index (κ2) is 10.8. The van der Waals surface area contributed by atoms with Gasteiger partial charge in [-0.05, 0) is 37.0 Å². The van der Waals surface area contributed by atoms with Gasteiger partial charge in [-0.3, -0.25) is 19.2 Å². The first-order chi connectivity index (χ1) is 19.2. The van der Waals surface area contributed by atoms with E-state index < -0.39 is 23.0 Å². The second-order valence-corrected chi connectivity index (χ2v) is 9.99. The standard InChI is InChI=1S/C27H28FN7O5/c1-27(26(39)29-2)7-5-15(6-8-27)11-31-25(38)20-10-19(34-23-17(28)13-32-35(20)23)24(37)30-12-16-3-4-21-18(9-16)33-22(36)14-40-21/h3-5,9-10,13H,6-8,11-12,14H2,1-2H3,(H,29,39)(H,30,37)(H,31,38)(H,33,36). The van der Waals surface area contributed by atoms with Gasteiger partial charge in [-0.25, -0.2) is 13.9 Å². The molecule has 1 aliphatic heterocycles. The number of anilines is 1. The Balaban J connectivity index is 1.29. The number of allylic oxidation sites excluding steroid dienone is 1. The number of rotatable bonds is 7. The van der Waals surface area contributed by atoms with Gasteiger partial charge in [0.25, 0.3) is 17.7 Å². The molecule has 40 heavy (non-hydrogen) atoms. The zero-order valence-corrected chi connectivity index (χ0v) is 22.0. The van der Waals surface area contributed by atoms with Crippen molar-refractivity contribution in [3.63, 3.8) is 0 Å². The van der Waals surface area contributed by atoms with E-state index in [0.29, 0.717) is 36.3 Å². The van der Waals surface area contributed by atoms with Crippen LogP contribution in [0.2, 0.25) is 0 Å². The first kappa shape index (κ1) is 26.8. The van der Waals surface area contributed by atoms with Crippen molar-refractivity contribution in [3.05, 3.63) is 64.9 Å². The van der Waals surface area contributed by atoms with Gasteiger partial charge >= 0.3 is 0 Å². The highest BCUT2D eigenvalue weighted by Crippen LogP contribution is 2.35. The summed E-state index contributed by atoms with van der Waals surface area (Å²) in [5.74, 6) is -1.74. The molecular formula is C27H28FN7O5. The molecule has 0 radical (unpaired) electrons. The Labute approximate surface area is 228 Å². The van der Waals surface area contributed by atoms with Crippen LogP contribution >= 0.6 is 0 Å². The lowest BCUT2D eigenvalue weighted by Crippen LogP contribution is -2.38. The van der Waals surface area contributed by atoms with Crippen molar-refractivity contribution in [3.8, 4) is 5.75 Å². The molecule has 3 aromatic rings. The minimum Gasteiger partial charge on any atom is -0.482 e. The van der Waals surface area contributed by atoms with E-state index in [9.17, 15) is 23.6 Å². The van der Waals surface area contributed by atoms with E-state index in [0.717, 1.165) is 16.3 Å². The molecule has 0 fully saturated rings. The minimum absolute atomic E-state index is 0.0232. The second-order valence-electron chi connectivity index (χ2n) is 9.99. The molecule has 0 saturated heterocycles. The van der Waals surface area contributed by atoms with E-state index >= 15 is 0 Å². The number of fused-ring (bicyclic) bond motifs is 2. The van der Waals surface area contributed by atoms with E-state index in [-0.39, 0.29) is 48.5 Å². The van der Waals surface area contributed by atoms with Gasteiger partial charge in [0.05, 0.1) is 17.3 Å². The predicted molar refractivity (Wildman–Crippen MR) is 141 cm³/mol. The lowest BCUT2D eigenvalue weighted by molar-refractivity contribution is -0.130. The van der Waals surface area contributed by atoms with Gasteiger partial charge in [0.15, 0.2) is 18.1 Å². The van der Waals surface area contributed by atoms with Gasteiger partial charge in [-0.15, -0.1) is 0 Å². The number of ether oxygens (including phenoxy) is 1. The van der Waals surface area contributed by atoms with Crippen LogP contribution in [-0.2, 0) is 16.1 Å². The third-order valence-corrected chi connectivity index (χ3v) is 7.11. The van der Waals surface area contributed by atoms with Crippen molar-refractivity contribution in [2.24, 2.45) is 5.41 Å². The number of benzene rings is 1. The third-order valence-electron chi connectivity index (χ3n) is 7.11. The molecule has 2 aromatic heterocycles. The molecule has 1 aliphatic carbocycles. The van der Waals surface area contributed by atoms with Crippen molar-refractivity contribution in [1.29, 1.82) is 0 Å². The van der Waals surface area contributed by atoms with Crippen LogP contribution in [0.3, 0.4) is 0 Å². The summed E-state index contributed by atoms with van der Waals surface area (Å²) in [6.45, 7) is 2.16. The Morgan fingerprint density at radius 1 is 1.18 bits per heavy atom.